The second-order valence-corrected chi connectivity index (χ2v) is 3.88. The molecule has 0 bridgehead atoms. The maximum absolute atomic E-state index is 11.3. The first kappa shape index (κ1) is 11.7. The molecule has 1 saturated heterocycles. The minimum absolute atomic E-state index is 0.335. The summed E-state index contributed by atoms with van der Waals surface area (Å²) in [6.07, 6.45) is 0.139. The first-order valence-corrected chi connectivity index (χ1v) is 5.33. The molecule has 17 heavy (non-hydrogen) atoms. The van der Waals surface area contributed by atoms with E-state index < -0.39 is 6.04 Å². The average molecular weight is 237 g/mol. The molecule has 2 N–H and O–H groups in total. The third-order valence-electron chi connectivity index (χ3n) is 2.82. The molecule has 2 rings (SSSR count). The molecular weight excluding hydrogens is 222 g/mol. The molecule has 92 valence electrons. The summed E-state index contributed by atoms with van der Waals surface area (Å²) in [5, 5.41) is 0. The van der Waals surface area contributed by atoms with Crippen LogP contribution in [0.15, 0.2) is 18.2 Å². The Balaban J connectivity index is 2.29. The predicted octanol–water partition coefficient (Wildman–Crippen LogP) is 1.02. The molecule has 2 atom stereocenters. The summed E-state index contributed by atoms with van der Waals surface area (Å²) in [6, 6.07) is 4.84. The van der Waals surface area contributed by atoms with Gasteiger partial charge in [0.15, 0.2) is 0 Å². The summed E-state index contributed by atoms with van der Waals surface area (Å²) in [5.74, 6) is 0.961. The summed E-state index contributed by atoms with van der Waals surface area (Å²) >= 11 is 0. The van der Waals surface area contributed by atoms with Crippen LogP contribution < -0.4 is 15.2 Å². The minimum atomic E-state index is -0.549. The number of cyclic esters (lactones) is 1. The monoisotopic (exact) mass is 237 g/mol. The molecule has 2 unspecified atom stereocenters. The van der Waals surface area contributed by atoms with Gasteiger partial charge >= 0.3 is 5.97 Å². The molecule has 1 fully saturated rings. The van der Waals surface area contributed by atoms with Gasteiger partial charge in [0.1, 0.15) is 23.6 Å². The molecule has 1 aromatic rings. The van der Waals surface area contributed by atoms with Gasteiger partial charge < -0.3 is 19.9 Å². The highest BCUT2D eigenvalue weighted by atomic mass is 16.6. The van der Waals surface area contributed by atoms with Crippen LogP contribution in [-0.4, -0.2) is 26.2 Å². The Bertz CT molecular complexity index is 433. The van der Waals surface area contributed by atoms with Gasteiger partial charge in [-0.2, -0.15) is 0 Å². The fourth-order valence-corrected chi connectivity index (χ4v) is 1.88. The second kappa shape index (κ2) is 4.63. The van der Waals surface area contributed by atoms with Gasteiger partial charge in [-0.25, -0.2) is 0 Å². The highest BCUT2D eigenvalue weighted by molar-refractivity contribution is 5.78. The number of methoxy groups -OCH3 is 2. The third kappa shape index (κ3) is 2.19. The Morgan fingerprint density at radius 1 is 1.35 bits per heavy atom. The molecule has 1 heterocycles. The van der Waals surface area contributed by atoms with Gasteiger partial charge in [-0.15, -0.1) is 0 Å². The number of hydrogen-bond donors (Lipinski definition) is 1. The maximum atomic E-state index is 11.3. The van der Waals surface area contributed by atoms with Crippen molar-refractivity contribution in [2.75, 3.05) is 14.2 Å². The van der Waals surface area contributed by atoms with Crippen molar-refractivity contribution in [3.63, 3.8) is 0 Å². The van der Waals surface area contributed by atoms with E-state index in [2.05, 4.69) is 0 Å². The lowest BCUT2D eigenvalue weighted by Crippen LogP contribution is -2.24. The van der Waals surface area contributed by atoms with Crippen LogP contribution in [0.4, 0.5) is 0 Å². The Morgan fingerprint density at radius 3 is 2.65 bits per heavy atom. The molecule has 0 aromatic heterocycles. The first-order chi connectivity index (χ1) is 8.15. The summed E-state index contributed by atoms with van der Waals surface area (Å²) in [6.45, 7) is 0. The zero-order chi connectivity index (χ0) is 12.4. The van der Waals surface area contributed by atoms with E-state index in [9.17, 15) is 4.79 Å². The molecule has 5 nitrogen and oxygen atoms in total. The molecule has 5 heteroatoms. The third-order valence-corrected chi connectivity index (χ3v) is 2.82. The van der Waals surface area contributed by atoms with Gasteiger partial charge in [0.2, 0.25) is 0 Å². The molecule has 0 saturated carbocycles. The van der Waals surface area contributed by atoms with E-state index in [1.807, 2.05) is 6.07 Å². The number of benzene rings is 1. The molecule has 0 radical (unpaired) electrons. The van der Waals surface area contributed by atoms with Gasteiger partial charge in [0.05, 0.1) is 14.2 Å². The highest BCUT2D eigenvalue weighted by Crippen LogP contribution is 2.36. The molecule has 0 spiro atoms. The van der Waals surface area contributed by atoms with Crippen LogP contribution in [0.5, 0.6) is 11.5 Å². The van der Waals surface area contributed by atoms with Crippen LogP contribution in [0.25, 0.3) is 0 Å². The Morgan fingerprint density at radius 2 is 2.12 bits per heavy atom. The van der Waals surface area contributed by atoms with Crippen molar-refractivity contribution in [2.24, 2.45) is 5.73 Å². The SMILES string of the molecule is COc1ccc(C2CC(N)C(=O)O2)c(OC)c1. The molecule has 0 amide bonds. The average Bonchev–Trinajstić information content (AvgIpc) is 2.68. The number of carbonyl (C=O) groups is 1. The van der Waals surface area contributed by atoms with Crippen molar-refractivity contribution in [3.8, 4) is 11.5 Å². The summed E-state index contributed by atoms with van der Waals surface area (Å²) in [5.41, 5.74) is 6.43. The van der Waals surface area contributed by atoms with E-state index in [1.165, 1.54) is 0 Å². The quantitative estimate of drug-likeness (QED) is 0.795. The van der Waals surface area contributed by atoms with E-state index in [1.54, 1.807) is 26.4 Å². The van der Waals surface area contributed by atoms with Crippen molar-refractivity contribution >= 4 is 5.97 Å². The lowest BCUT2D eigenvalue weighted by molar-refractivity contribution is -0.142. The van der Waals surface area contributed by atoms with Crippen LogP contribution in [0.2, 0.25) is 0 Å². The number of nitrogens with two attached hydrogens (primary N) is 1. The van der Waals surface area contributed by atoms with Crippen LogP contribution in [0.1, 0.15) is 18.1 Å². The second-order valence-electron chi connectivity index (χ2n) is 3.88. The lowest BCUT2D eigenvalue weighted by atomic mass is 10.0. The first-order valence-electron chi connectivity index (χ1n) is 5.33. The van der Waals surface area contributed by atoms with Crippen LogP contribution in [0.3, 0.4) is 0 Å². The van der Waals surface area contributed by atoms with Gasteiger partial charge in [-0.3, -0.25) is 4.79 Å². The zero-order valence-electron chi connectivity index (χ0n) is 9.80. The standard InChI is InChI=1S/C12H15NO4/c1-15-7-3-4-8(10(5-7)16-2)11-6-9(13)12(14)17-11/h3-5,9,11H,6,13H2,1-2H3. The van der Waals surface area contributed by atoms with E-state index >= 15 is 0 Å². The van der Waals surface area contributed by atoms with Crippen molar-refractivity contribution in [1.82, 2.24) is 0 Å². The Hall–Kier alpha value is -1.75. The van der Waals surface area contributed by atoms with Gasteiger partial charge in [-0.1, -0.05) is 0 Å². The number of carbonyl (C=O) groups excluding carboxylic acids is 1. The number of esters is 1. The van der Waals surface area contributed by atoms with Crippen LogP contribution in [-0.2, 0) is 9.53 Å². The fourth-order valence-electron chi connectivity index (χ4n) is 1.88. The van der Waals surface area contributed by atoms with Crippen molar-refractivity contribution in [3.05, 3.63) is 23.8 Å². The van der Waals surface area contributed by atoms with Crippen LogP contribution in [0, 0.1) is 0 Å². The van der Waals surface area contributed by atoms with Crippen molar-refractivity contribution < 1.29 is 19.0 Å². The minimum Gasteiger partial charge on any atom is -0.497 e. The van der Waals surface area contributed by atoms with Gasteiger partial charge in [0, 0.05) is 18.1 Å². The van der Waals surface area contributed by atoms with Crippen molar-refractivity contribution in [2.45, 2.75) is 18.6 Å². The lowest BCUT2D eigenvalue weighted by Gasteiger charge is -2.14. The Kier molecular flexibility index (Phi) is 3.19. The van der Waals surface area contributed by atoms with Crippen molar-refractivity contribution in [1.29, 1.82) is 0 Å². The van der Waals surface area contributed by atoms with Crippen LogP contribution >= 0.6 is 0 Å². The smallest absolute Gasteiger partial charge is 0.323 e. The van der Waals surface area contributed by atoms with Gasteiger partial charge in [-0.05, 0) is 12.1 Å². The van der Waals surface area contributed by atoms with Gasteiger partial charge in [0.25, 0.3) is 0 Å². The normalized spacial score (nSPS) is 23.4. The van der Waals surface area contributed by atoms with E-state index in [0.717, 1.165) is 5.56 Å². The highest BCUT2D eigenvalue weighted by Gasteiger charge is 2.34. The zero-order valence-corrected chi connectivity index (χ0v) is 9.80. The predicted molar refractivity (Wildman–Crippen MR) is 61.0 cm³/mol. The summed E-state index contributed by atoms with van der Waals surface area (Å²) < 4.78 is 15.6. The largest absolute Gasteiger partial charge is 0.497 e. The fraction of sp³-hybridized carbons (Fsp3) is 0.417. The molecule has 0 aliphatic carbocycles. The molecular formula is C12H15NO4. The molecule has 1 aromatic carbocycles. The number of ether oxygens (including phenoxy) is 3. The molecule has 1 aliphatic rings. The Labute approximate surface area is 99.5 Å². The topological polar surface area (TPSA) is 70.8 Å². The summed E-state index contributed by atoms with van der Waals surface area (Å²) in [7, 11) is 3.15. The van der Waals surface area contributed by atoms with E-state index in [0.29, 0.717) is 17.9 Å². The summed E-state index contributed by atoms with van der Waals surface area (Å²) in [4.78, 5) is 11.3. The van der Waals surface area contributed by atoms with E-state index in [-0.39, 0.29) is 12.1 Å². The molecule has 1 aliphatic heterocycles. The number of hydrogen-bond acceptors (Lipinski definition) is 5. The number of rotatable bonds is 3. The van der Waals surface area contributed by atoms with E-state index in [4.69, 9.17) is 19.9 Å². The maximum Gasteiger partial charge on any atom is 0.323 e.